The zero-order valence-corrected chi connectivity index (χ0v) is 10.3. The normalized spacial score (nSPS) is 10.4. The Bertz CT molecular complexity index is 738. The predicted octanol–water partition coefficient (Wildman–Crippen LogP) is 2.28. The number of aldehydes is 1. The van der Waals surface area contributed by atoms with Gasteiger partial charge in [-0.1, -0.05) is 0 Å². The molecule has 0 atom stereocenters. The summed E-state index contributed by atoms with van der Waals surface area (Å²) in [5, 5.41) is 4.29. The monoisotopic (exact) mass is 268 g/mol. The second-order valence-electron chi connectivity index (χ2n) is 4.05. The van der Waals surface area contributed by atoms with Crippen molar-refractivity contribution in [2.75, 3.05) is 0 Å². The average molecular weight is 268 g/mol. The number of carbonyl (C=O) groups is 1. The van der Waals surface area contributed by atoms with Gasteiger partial charge < -0.3 is 0 Å². The highest BCUT2D eigenvalue weighted by Crippen LogP contribution is 2.22. The predicted molar refractivity (Wildman–Crippen MR) is 69.9 cm³/mol. The number of hydrogen-bond acceptors (Lipinski definition) is 4. The Kier molecular flexibility index (Phi) is 3.04. The number of halogens is 1. The van der Waals surface area contributed by atoms with Gasteiger partial charge in [0.15, 0.2) is 6.29 Å². The molecular weight excluding hydrogens is 259 g/mol. The van der Waals surface area contributed by atoms with E-state index < -0.39 is 0 Å². The van der Waals surface area contributed by atoms with E-state index >= 15 is 0 Å². The second-order valence-corrected chi connectivity index (χ2v) is 4.05. The Balaban J connectivity index is 2.10. The molecule has 98 valence electrons. The van der Waals surface area contributed by atoms with Gasteiger partial charge in [-0.05, 0) is 30.3 Å². The van der Waals surface area contributed by atoms with Crippen LogP contribution in [-0.2, 0) is 0 Å². The van der Waals surface area contributed by atoms with E-state index in [4.69, 9.17) is 0 Å². The molecule has 5 nitrogen and oxygen atoms in total. The van der Waals surface area contributed by atoms with Crippen LogP contribution in [0.25, 0.3) is 17.2 Å². The minimum absolute atomic E-state index is 0.341. The molecule has 2 heterocycles. The molecule has 0 spiro atoms. The van der Waals surface area contributed by atoms with Gasteiger partial charge in [-0.3, -0.25) is 4.79 Å². The van der Waals surface area contributed by atoms with Crippen LogP contribution in [-0.4, -0.2) is 26.0 Å². The molecule has 3 rings (SSSR count). The largest absolute Gasteiger partial charge is 0.298 e. The summed E-state index contributed by atoms with van der Waals surface area (Å²) in [5.41, 5.74) is 1.51. The van der Waals surface area contributed by atoms with Gasteiger partial charge in [0.1, 0.15) is 11.5 Å². The van der Waals surface area contributed by atoms with Gasteiger partial charge in [-0.15, -0.1) is 0 Å². The number of carbonyl (C=O) groups excluding carboxylic acids is 1. The summed E-state index contributed by atoms with van der Waals surface area (Å²) in [5.74, 6) is 0.0243. The van der Waals surface area contributed by atoms with Crippen molar-refractivity contribution in [2.24, 2.45) is 0 Å². The van der Waals surface area contributed by atoms with Crippen LogP contribution < -0.4 is 0 Å². The number of hydrogen-bond donors (Lipinski definition) is 0. The van der Waals surface area contributed by atoms with Crippen molar-refractivity contribution in [1.82, 2.24) is 19.7 Å². The summed E-state index contributed by atoms with van der Waals surface area (Å²) in [6.45, 7) is 0. The second kappa shape index (κ2) is 5.00. The molecule has 0 amide bonds. The molecule has 0 saturated carbocycles. The van der Waals surface area contributed by atoms with Gasteiger partial charge in [0, 0.05) is 24.2 Å². The molecule has 0 aliphatic heterocycles. The van der Waals surface area contributed by atoms with E-state index in [0.717, 1.165) is 0 Å². The van der Waals surface area contributed by atoms with Gasteiger partial charge in [0.25, 0.3) is 0 Å². The van der Waals surface area contributed by atoms with Crippen LogP contribution in [0.2, 0.25) is 0 Å². The average Bonchev–Trinajstić information content (AvgIpc) is 2.93. The summed E-state index contributed by atoms with van der Waals surface area (Å²) in [4.78, 5) is 19.3. The van der Waals surface area contributed by atoms with Crippen LogP contribution in [0.4, 0.5) is 4.39 Å². The van der Waals surface area contributed by atoms with Crippen molar-refractivity contribution in [3.63, 3.8) is 0 Å². The highest BCUT2D eigenvalue weighted by Gasteiger charge is 2.12. The third-order valence-electron chi connectivity index (χ3n) is 2.74. The lowest BCUT2D eigenvalue weighted by molar-refractivity contribution is 0.112. The molecule has 0 N–H and O–H groups in total. The summed E-state index contributed by atoms with van der Waals surface area (Å²) >= 11 is 0. The van der Waals surface area contributed by atoms with Gasteiger partial charge in [-0.2, -0.15) is 5.10 Å². The maximum absolute atomic E-state index is 12.9. The van der Waals surface area contributed by atoms with E-state index in [2.05, 4.69) is 15.1 Å². The maximum Gasteiger partial charge on any atom is 0.250 e. The van der Waals surface area contributed by atoms with Crippen LogP contribution in [0.3, 0.4) is 0 Å². The summed E-state index contributed by atoms with van der Waals surface area (Å²) in [6, 6.07) is 7.47. The first kappa shape index (κ1) is 12.2. The highest BCUT2D eigenvalue weighted by atomic mass is 19.1. The molecule has 0 unspecified atom stereocenters. The molecule has 3 aromatic rings. The fraction of sp³-hybridized carbons (Fsp3) is 0. The SMILES string of the molecule is O=Cc1cn(-c2ncccn2)nc1-c1ccc(F)cc1. The van der Waals surface area contributed by atoms with E-state index in [1.807, 2.05) is 0 Å². The fourth-order valence-corrected chi connectivity index (χ4v) is 1.82. The van der Waals surface area contributed by atoms with E-state index in [1.165, 1.54) is 16.8 Å². The topological polar surface area (TPSA) is 60.7 Å². The lowest BCUT2D eigenvalue weighted by atomic mass is 10.1. The van der Waals surface area contributed by atoms with Crippen LogP contribution >= 0.6 is 0 Å². The first-order valence-electron chi connectivity index (χ1n) is 5.86. The molecule has 20 heavy (non-hydrogen) atoms. The van der Waals surface area contributed by atoms with Gasteiger partial charge in [0.2, 0.25) is 5.95 Å². The number of benzene rings is 1. The van der Waals surface area contributed by atoms with Crippen molar-refractivity contribution in [3.8, 4) is 17.2 Å². The molecule has 1 aromatic carbocycles. The molecule has 2 aromatic heterocycles. The first-order valence-corrected chi connectivity index (χ1v) is 5.86. The maximum atomic E-state index is 12.9. The van der Waals surface area contributed by atoms with Gasteiger partial charge >= 0.3 is 0 Å². The third kappa shape index (κ3) is 2.18. The van der Waals surface area contributed by atoms with Crippen molar-refractivity contribution < 1.29 is 9.18 Å². The Hall–Kier alpha value is -2.89. The minimum atomic E-state index is -0.341. The number of aromatic nitrogens is 4. The van der Waals surface area contributed by atoms with E-state index in [1.54, 1.807) is 36.8 Å². The standard InChI is InChI=1S/C14H9FN4O/c15-12-4-2-10(3-5-12)13-11(9-20)8-19(18-13)14-16-6-1-7-17-14/h1-9H. The Morgan fingerprint density at radius 3 is 2.45 bits per heavy atom. The van der Waals surface area contributed by atoms with Crippen molar-refractivity contribution in [3.05, 3.63) is 60.3 Å². The molecule has 0 radical (unpaired) electrons. The van der Waals surface area contributed by atoms with E-state index in [9.17, 15) is 9.18 Å². The fourth-order valence-electron chi connectivity index (χ4n) is 1.82. The van der Waals surface area contributed by atoms with E-state index in [0.29, 0.717) is 29.1 Å². The smallest absolute Gasteiger partial charge is 0.250 e. The van der Waals surface area contributed by atoms with Crippen LogP contribution in [0.1, 0.15) is 10.4 Å². The summed E-state index contributed by atoms with van der Waals surface area (Å²) < 4.78 is 14.4. The van der Waals surface area contributed by atoms with Crippen molar-refractivity contribution in [1.29, 1.82) is 0 Å². The molecule has 0 bridgehead atoms. The first-order chi connectivity index (χ1) is 9.78. The zero-order chi connectivity index (χ0) is 13.9. The van der Waals surface area contributed by atoms with Crippen molar-refractivity contribution >= 4 is 6.29 Å². The molecule has 0 aliphatic rings. The Labute approximate surface area is 113 Å². The van der Waals surface area contributed by atoms with Gasteiger partial charge in [0.05, 0.1) is 5.56 Å². The molecule has 0 fully saturated rings. The Morgan fingerprint density at radius 1 is 1.10 bits per heavy atom. The quantitative estimate of drug-likeness (QED) is 0.684. The third-order valence-corrected chi connectivity index (χ3v) is 2.74. The van der Waals surface area contributed by atoms with Gasteiger partial charge in [-0.25, -0.2) is 19.0 Å². The number of nitrogens with zero attached hydrogens (tertiary/aromatic N) is 4. The number of rotatable bonds is 3. The van der Waals surface area contributed by atoms with Crippen LogP contribution in [0.15, 0.2) is 48.9 Å². The zero-order valence-electron chi connectivity index (χ0n) is 10.3. The summed E-state index contributed by atoms with van der Waals surface area (Å²) in [6.07, 6.45) is 5.41. The summed E-state index contributed by atoms with van der Waals surface area (Å²) in [7, 11) is 0. The Morgan fingerprint density at radius 2 is 1.80 bits per heavy atom. The van der Waals surface area contributed by atoms with Crippen LogP contribution in [0.5, 0.6) is 0 Å². The lowest BCUT2D eigenvalue weighted by Gasteiger charge is -1.98. The molecular formula is C14H9FN4O. The van der Waals surface area contributed by atoms with Crippen LogP contribution in [0, 0.1) is 5.82 Å². The van der Waals surface area contributed by atoms with E-state index in [-0.39, 0.29) is 5.82 Å². The van der Waals surface area contributed by atoms with Crippen molar-refractivity contribution in [2.45, 2.75) is 0 Å². The molecule has 0 aliphatic carbocycles. The minimum Gasteiger partial charge on any atom is -0.298 e. The molecule has 0 saturated heterocycles. The lowest BCUT2D eigenvalue weighted by Crippen LogP contribution is -2.00. The molecule has 6 heteroatoms. The highest BCUT2D eigenvalue weighted by molar-refractivity contribution is 5.85.